The third-order valence-corrected chi connectivity index (χ3v) is 2.27. The first-order valence-electron chi connectivity index (χ1n) is 2.83. The molecule has 0 N–H and O–H groups in total. The second-order valence-corrected chi connectivity index (χ2v) is 2.87. The second-order valence-electron chi connectivity index (χ2n) is 2.02. The highest BCUT2D eigenvalue weighted by atomic mass is 79.9. The zero-order chi connectivity index (χ0) is 5.98. The Morgan fingerprint density at radius 1 is 1.38 bits per heavy atom. The summed E-state index contributed by atoms with van der Waals surface area (Å²) in [5.74, 6) is 0. The van der Waals surface area contributed by atoms with Gasteiger partial charge < -0.3 is 0 Å². The van der Waals surface area contributed by atoms with Gasteiger partial charge in [0.1, 0.15) is 0 Å². The van der Waals surface area contributed by atoms with Gasteiger partial charge in [-0.1, -0.05) is 28.1 Å². The Balaban J connectivity index is 2.73. The van der Waals surface area contributed by atoms with Gasteiger partial charge in [-0.15, -0.1) is 0 Å². The Kier molecular flexibility index (Phi) is 1.90. The van der Waals surface area contributed by atoms with Crippen LogP contribution in [0.1, 0.15) is 19.8 Å². The Morgan fingerprint density at radius 3 is 2.38 bits per heavy atom. The quantitative estimate of drug-likeness (QED) is 0.528. The normalized spacial score (nSPS) is 19.8. The van der Waals surface area contributed by atoms with Crippen LogP contribution in [0, 0.1) is 0 Å². The molecular formula is C7H9Br. The molecule has 1 aliphatic rings. The molecule has 0 bridgehead atoms. The van der Waals surface area contributed by atoms with Crippen LogP contribution < -0.4 is 0 Å². The third-order valence-electron chi connectivity index (χ3n) is 1.32. The van der Waals surface area contributed by atoms with Crippen molar-refractivity contribution in [2.75, 3.05) is 0 Å². The van der Waals surface area contributed by atoms with E-state index in [4.69, 9.17) is 0 Å². The van der Waals surface area contributed by atoms with E-state index in [-0.39, 0.29) is 0 Å². The topological polar surface area (TPSA) is 0 Å². The van der Waals surface area contributed by atoms with Gasteiger partial charge in [0.25, 0.3) is 0 Å². The maximum Gasteiger partial charge on any atom is 0.0161 e. The summed E-state index contributed by atoms with van der Waals surface area (Å²) in [7, 11) is 0. The summed E-state index contributed by atoms with van der Waals surface area (Å²) in [5, 5.41) is 0. The van der Waals surface area contributed by atoms with Crippen molar-refractivity contribution in [2.45, 2.75) is 19.8 Å². The summed E-state index contributed by atoms with van der Waals surface area (Å²) in [6.07, 6.45) is 6.87. The van der Waals surface area contributed by atoms with Gasteiger partial charge in [0.05, 0.1) is 0 Å². The molecule has 0 saturated heterocycles. The highest BCUT2D eigenvalue weighted by Gasteiger charge is 1.97. The smallest absolute Gasteiger partial charge is 0.0161 e. The van der Waals surface area contributed by atoms with Crippen molar-refractivity contribution < 1.29 is 0 Å². The van der Waals surface area contributed by atoms with E-state index in [0.29, 0.717) is 0 Å². The summed E-state index contributed by atoms with van der Waals surface area (Å²) < 4.78 is 1.27. The highest BCUT2D eigenvalue weighted by Crippen LogP contribution is 2.22. The van der Waals surface area contributed by atoms with Gasteiger partial charge in [-0.05, 0) is 25.3 Å². The van der Waals surface area contributed by atoms with Gasteiger partial charge in [0.2, 0.25) is 0 Å². The summed E-state index contributed by atoms with van der Waals surface area (Å²) in [6.45, 7) is 2.12. The van der Waals surface area contributed by atoms with Gasteiger partial charge in [-0.2, -0.15) is 0 Å². The molecule has 1 aliphatic carbocycles. The molecular weight excluding hydrogens is 164 g/mol. The van der Waals surface area contributed by atoms with Crippen LogP contribution in [0.2, 0.25) is 0 Å². The monoisotopic (exact) mass is 172 g/mol. The average Bonchev–Trinajstić information content (AvgIpc) is 1.77. The van der Waals surface area contributed by atoms with Gasteiger partial charge >= 0.3 is 0 Å². The molecule has 0 amide bonds. The predicted molar refractivity (Wildman–Crippen MR) is 40.0 cm³/mol. The molecule has 0 atom stereocenters. The molecule has 0 nitrogen and oxygen atoms in total. The molecule has 0 aromatic rings. The lowest BCUT2D eigenvalue weighted by molar-refractivity contribution is 1.01. The van der Waals surface area contributed by atoms with Crippen molar-refractivity contribution in [1.82, 2.24) is 0 Å². The van der Waals surface area contributed by atoms with Crippen LogP contribution in [-0.2, 0) is 0 Å². The minimum atomic E-state index is 1.19. The first-order chi connectivity index (χ1) is 3.80. The van der Waals surface area contributed by atoms with E-state index in [1.54, 1.807) is 0 Å². The van der Waals surface area contributed by atoms with Crippen LogP contribution in [0.15, 0.2) is 22.2 Å². The van der Waals surface area contributed by atoms with Gasteiger partial charge in [-0.3, -0.25) is 0 Å². The summed E-state index contributed by atoms with van der Waals surface area (Å²) in [5.41, 5.74) is 1.37. The van der Waals surface area contributed by atoms with E-state index in [0.717, 1.165) is 0 Å². The lowest BCUT2D eigenvalue weighted by atomic mass is 10.1. The van der Waals surface area contributed by atoms with Crippen molar-refractivity contribution in [2.24, 2.45) is 0 Å². The van der Waals surface area contributed by atoms with E-state index in [9.17, 15) is 0 Å². The minimum Gasteiger partial charge on any atom is -0.0802 e. The first kappa shape index (κ1) is 6.09. The fourth-order valence-corrected chi connectivity index (χ4v) is 1.16. The first-order valence-corrected chi connectivity index (χ1v) is 3.63. The Labute approximate surface area is 58.4 Å². The molecule has 0 unspecified atom stereocenters. The van der Waals surface area contributed by atoms with Crippen molar-refractivity contribution >= 4 is 15.9 Å². The van der Waals surface area contributed by atoms with Crippen LogP contribution in [0.5, 0.6) is 0 Å². The maximum atomic E-state index is 3.45. The zero-order valence-corrected chi connectivity index (χ0v) is 6.53. The molecule has 0 aromatic carbocycles. The summed E-state index contributed by atoms with van der Waals surface area (Å²) in [6, 6.07) is 0. The lowest BCUT2D eigenvalue weighted by Crippen LogP contribution is -1.82. The van der Waals surface area contributed by atoms with Gasteiger partial charge in [0.15, 0.2) is 0 Å². The molecule has 1 heteroatoms. The van der Waals surface area contributed by atoms with E-state index < -0.39 is 0 Å². The van der Waals surface area contributed by atoms with Crippen molar-refractivity contribution in [3.05, 3.63) is 22.2 Å². The van der Waals surface area contributed by atoms with Crippen LogP contribution in [0.4, 0.5) is 0 Å². The van der Waals surface area contributed by atoms with Crippen LogP contribution in [0.3, 0.4) is 0 Å². The predicted octanol–water partition coefficient (Wildman–Crippen LogP) is 3.01. The second kappa shape index (κ2) is 2.49. The molecule has 0 spiro atoms. The average molecular weight is 173 g/mol. The van der Waals surface area contributed by atoms with E-state index in [1.807, 2.05) is 0 Å². The number of hydrogen-bond acceptors (Lipinski definition) is 0. The van der Waals surface area contributed by atoms with Crippen molar-refractivity contribution in [3.8, 4) is 0 Å². The Bertz CT molecular complexity index is 124. The maximum absolute atomic E-state index is 3.45. The molecule has 44 valence electrons. The van der Waals surface area contributed by atoms with Crippen molar-refractivity contribution in [3.63, 3.8) is 0 Å². The Hall–Kier alpha value is -0.0400. The lowest BCUT2D eigenvalue weighted by Gasteiger charge is -2.03. The van der Waals surface area contributed by atoms with Crippen molar-refractivity contribution in [1.29, 1.82) is 0 Å². The molecule has 0 heterocycles. The van der Waals surface area contributed by atoms with Gasteiger partial charge in [0, 0.05) is 4.48 Å². The molecule has 0 radical (unpaired) electrons. The molecule has 0 aromatic heterocycles. The third kappa shape index (κ3) is 1.22. The Morgan fingerprint density at radius 2 is 2.00 bits per heavy atom. The highest BCUT2D eigenvalue weighted by molar-refractivity contribution is 9.12. The number of allylic oxidation sites excluding steroid dienone is 4. The fourth-order valence-electron chi connectivity index (χ4n) is 0.768. The minimum absolute atomic E-state index is 1.19. The molecule has 1 rings (SSSR count). The molecule has 0 fully saturated rings. The largest absolute Gasteiger partial charge is 0.0802 e. The van der Waals surface area contributed by atoms with E-state index in [2.05, 4.69) is 35.0 Å². The molecule has 0 aliphatic heterocycles. The van der Waals surface area contributed by atoms with E-state index >= 15 is 0 Å². The fraction of sp³-hybridized carbons (Fsp3) is 0.429. The van der Waals surface area contributed by atoms with Crippen LogP contribution in [-0.4, -0.2) is 0 Å². The SMILES string of the molecule is CC1=CCCC=C1Br. The van der Waals surface area contributed by atoms with Crippen LogP contribution in [0.25, 0.3) is 0 Å². The standard InChI is InChI=1S/C7H9Br/c1-6-4-2-3-5-7(6)8/h4-5H,2-3H2,1H3. The summed E-state index contributed by atoms with van der Waals surface area (Å²) in [4.78, 5) is 0. The van der Waals surface area contributed by atoms with E-state index in [1.165, 1.54) is 22.9 Å². The summed E-state index contributed by atoms with van der Waals surface area (Å²) >= 11 is 3.45. The molecule has 8 heavy (non-hydrogen) atoms. The number of hydrogen-bond donors (Lipinski definition) is 0. The van der Waals surface area contributed by atoms with Crippen LogP contribution >= 0.6 is 15.9 Å². The number of halogens is 1. The zero-order valence-electron chi connectivity index (χ0n) is 4.95. The van der Waals surface area contributed by atoms with Gasteiger partial charge in [-0.25, -0.2) is 0 Å². The number of rotatable bonds is 0. The molecule has 0 saturated carbocycles.